The third kappa shape index (κ3) is 2.10. The van der Waals surface area contributed by atoms with Gasteiger partial charge in [-0.15, -0.1) is 0 Å². The zero-order valence-corrected chi connectivity index (χ0v) is 9.45. The number of nitrogens with one attached hydrogen (secondary N) is 1. The Morgan fingerprint density at radius 1 is 1.31 bits per heavy atom. The number of methoxy groups -OCH3 is 2. The van der Waals surface area contributed by atoms with Gasteiger partial charge < -0.3 is 14.8 Å². The molecule has 0 bridgehead atoms. The molecule has 1 aliphatic rings. The maximum absolute atomic E-state index is 11.9. The summed E-state index contributed by atoms with van der Waals surface area (Å²) in [6.45, 7) is 0. The highest BCUT2D eigenvalue weighted by atomic mass is 16.5. The predicted molar refractivity (Wildman–Crippen MR) is 60.0 cm³/mol. The molecule has 1 saturated carbocycles. The molecule has 4 nitrogen and oxygen atoms in total. The van der Waals surface area contributed by atoms with E-state index in [9.17, 15) is 4.79 Å². The molecular weight excluding hydrogens is 206 g/mol. The van der Waals surface area contributed by atoms with Gasteiger partial charge in [0.25, 0.3) is 5.91 Å². The Kier molecular flexibility index (Phi) is 2.99. The summed E-state index contributed by atoms with van der Waals surface area (Å²) in [7, 11) is 3.09. The highest BCUT2D eigenvalue weighted by Crippen LogP contribution is 2.31. The Labute approximate surface area is 94.6 Å². The lowest BCUT2D eigenvalue weighted by Crippen LogP contribution is -2.25. The fourth-order valence-electron chi connectivity index (χ4n) is 1.56. The minimum Gasteiger partial charge on any atom is -0.493 e. The van der Waals surface area contributed by atoms with Crippen LogP contribution in [0, 0.1) is 0 Å². The molecule has 1 aliphatic carbocycles. The van der Waals surface area contributed by atoms with Crippen molar-refractivity contribution in [2.24, 2.45) is 0 Å². The van der Waals surface area contributed by atoms with Crippen molar-refractivity contribution in [3.8, 4) is 11.5 Å². The van der Waals surface area contributed by atoms with Gasteiger partial charge in [0.1, 0.15) is 0 Å². The molecule has 0 spiro atoms. The molecule has 0 unspecified atom stereocenters. The number of rotatable bonds is 4. The van der Waals surface area contributed by atoms with Crippen LogP contribution in [0.15, 0.2) is 18.2 Å². The number of benzene rings is 1. The fraction of sp³-hybridized carbons (Fsp3) is 0.417. The second-order valence-corrected chi connectivity index (χ2v) is 3.79. The van der Waals surface area contributed by atoms with Crippen LogP contribution >= 0.6 is 0 Å². The van der Waals surface area contributed by atoms with Crippen LogP contribution in [0.5, 0.6) is 11.5 Å². The van der Waals surface area contributed by atoms with Crippen molar-refractivity contribution in [3.05, 3.63) is 23.8 Å². The first-order valence-electron chi connectivity index (χ1n) is 5.28. The highest BCUT2D eigenvalue weighted by Gasteiger charge is 2.25. The molecule has 1 amide bonds. The summed E-state index contributed by atoms with van der Waals surface area (Å²) in [4.78, 5) is 11.9. The van der Waals surface area contributed by atoms with E-state index < -0.39 is 0 Å². The van der Waals surface area contributed by atoms with E-state index in [1.165, 1.54) is 7.11 Å². The number of hydrogen-bond acceptors (Lipinski definition) is 3. The van der Waals surface area contributed by atoms with Crippen LogP contribution in [-0.2, 0) is 0 Å². The van der Waals surface area contributed by atoms with Gasteiger partial charge >= 0.3 is 0 Å². The second-order valence-electron chi connectivity index (χ2n) is 3.79. The number of carbonyl (C=O) groups is 1. The van der Waals surface area contributed by atoms with Crippen molar-refractivity contribution in [3.63, 3.8) is 0 Å². The normalized spacial score (nSPS) is 14.4. The summed E-state index contributed by atoms with van der Waals surface area (Å²) >= 11 is 0. The van der Waals surface area contributed by atoms with Crippen LogP contribution in [0.4, 0.5) is 0 Å². The molecule has 0 heterocycles. The van der Waals surface area contributed by atoms with Gasteiger partial charge in [0, 0.05) is 6.04 Å². The third-order valence-electron chi connectivity index (χ3n) is 2.56. The quantitative estimate of drug-likeness (QED) is 0.840. The molecule has 0 radical (unpaired) electrons. The van der Waals surface area contributed by atoms with E-state index in [4.69, 9.17) is 9.47 Å². The summed E-state index contributed by atoms with van der Waals surface area (Å²) in [5.41, 5.74) is 0.522. The average Bonchev–Trinajstić information content (AvgIpc) is 3.11. The molecule has 0 saturated heterocycles. The predicted octanol–water partition coefficient (Wildman–Crippen LogP) is 1.60. The summed E-state index contributed by atoms with van der Waals surface area (Å²) in [5.74, 6) is 0.965. The lowest BCUT2D eigenvalue weighted by molar-refractivity contribution is 0.0947. The Balaban J connectivity index is 2.26. The molecule has 2 rings (SSSR count). The van der Waals surface area contributed by atoms with Gasteiger partial charge in [-0.05, 0) is 25.0 Å². The van der Waals surface area contributed by atoms with Crippen molar-refractivity contribution in [1.82, 2.24) is 5.32 Å². The fourth-order valence-corrected chi connectivity index (χ4v) is 1.56. The number of hydrogen-bond donors (Lipinski definition) is 1. The van der Waals surface area contributed by atoms with E-state index >= 15 is 0 Å². The molecule has 86 valence electrons. The maximum Gasteiger partial charge on any atom is 0.255 e. The standard InChI is InChI=1S/C12H15NO3/c1-15-10-5-3-4-9(11(10)16-2)12(14)13-8-6-7-8/h3-5,8H,6-7H2,1-2H3,(H,13,14). The Morgan fingerprint density at radius 2 is 2.06 bits per heavy atom. The van der Waals surface area contributed by atoms with E-state index in [1.807, 2.05) is 0 Å². The van der Waals surface area contributed by atoms with Gasteiger partial charge in [-0.3, -0.25) is 4.79 Å². The second kappa shape index (κ2) is 4.43. The molecule has 0 aromatic heterocycles. The minimum absolute atomic E-state index is 0.0988. The van der Waals surface area contributed by atoms with Gasteiger partial charge in [0.15, 0.2) is 11.5 Å². The van der Waals surface area contributed by atoms with Crippen molar-refractivity contribution < 1.29 is 14.3 Å². The van der Waals surface area contributed by atoms with Crippen LogP contribution in [0.3, 0.4) is 0 Å². The van der Waals surface area contributed by atoms with Gasteiger partial charge in [-0.2, -0.15) is 0 Å². The average molecular weight is 221 g/mol. The molecule has 4 heteroatoms. The lowest BCUT2D eigenvalue weighted by atomic mass is 10.1. The molecule has 1 N–H and O–H groups in total. The zero-order valence-electron chi connectivity index (χ0n) is 9.45. The first-order valence-corrected chi connectivity index (χ1v) is 5.28. The summed E-state index contributed by atoms with van der Waals surface area (Å²) in [6, 6.07) is 5.62. The van der Waals surface area contributed by atoms with Crippen LogP contribution < -0.4 is 14.8 Å². The molecule has 16 heavy (non-hydrogen) atoms. The van der Waals surface area contributed by atoms with Crippen molar-refractivity contribution in [2.75, 3.05) is 14.2 Å². The topological polar surface area (TPSA) is 47.6 Å². The zero-order chi connectivity index (χ0) is 11.5. The van der Waals surface area contributed by atoms with Crippen LogP contribution in [0.25, 0.3) is 0 Å². The van der Waals surface area contributed by atoms with Gasteiger partial charge in [0.05, 0.1) is 19.8 Å². The Hall–Kier alpha value is -1.71. The Morgan fingerprint density at radius 3 is 2.62 bits per heavy atom. The van der Waals surface area contributed by atoms with E-state index in [1.54, 1.807) is 25.3 Å². The number of para-hydroxylation sites is 1. The summed E-state index contributed by atoms with van der Waals surface area (Å²) in [5, 5.41) is 2.92. The third-order valence-corrected chi connectivity index (χ3v) is 2.56. The smallest absolute Gasteiger partial charge is 0.255 e. The number of ether oxygens (including phenoxy) is 2. The van der Waals surface area contributed by atoms with Crippen LogP contribution in [0.1, 0.15) is 23.2 Å². The first kappa shape index (κ1) is 10.8. The summed E-state index contributed by atoms with van der Waals surface area (Å²) < 4.78 is 10.3. The van der Waals surface area contributed by atoms with Gasteiger partial charge in [-0.25, -0.2) is 0 Å². The molecule has 1 aromatic rings. The molecule has 0 atom stereocenters. The van der Waals surface area contributed by atoms with Crippen LogP contribution in [-0.4, -0.2) is 26.2 Å². The maximum atomic E-state index is 11.9. The van der Waals surface area contributed by atoms with Crippen molar-refractivity contribution >= 4 is 5.91 Å². The van der Waals surface area contributed by atoms with E-state index in [-0.39, 0.29) is 5.91 Å². The molecular formula is C12H15NO3. The van der Waals surface area contributed by atoms with E-state index in [0.29, 0.717) is 23.1 Å². The first-order chi connectivity index (χ1) is 7.76. The van der Waals surface area contributed by atoms with Gasteiger partial charge in [0.2, 0.25) is 0 Å². The SMILES string of the molecule is COc1cccc(C(=O)NC2CC2)c1OC. The molecule has 1 fully saturated rings. The van der Waals surface area contributed by atoms with Crippen molar-refractivity contribution in [1.29, 1.82) is 0 Å². The lowest BCUT2D eigenvalue weighted by Gasteiger charge is -2.12. The summed E-state index contributed by atoms with van der Waals surface area (Å²) in [6.07, 6.45) is 2.13. The monoisotopic (exact) mass is 221 g/mol. The minimum atomic E-state index is -0.0988. The Bertz CT molecular complexity index is 399. The van der Waals surface area contributed by atoms with E-state index in [0.717, 1.165) is 12.8 Å². The molecule has 1 aromatic carbocycles. The molecule has 0 aliphatic heterocycles. The largest absolute Gasteiger partial charge is 0.493 e. The van der Waals surface area contributed by atoms with Gasteiger partial charge in [-0.1, -0.05) is 6.07 Å². The number of amides is 1. The van der Waals surface area contributed by atoms with Crippen molar-refractivity contribution in [2.45, 2.75) is 18.9 Å². The van der Waals surface area contributed by atoms with E-state index in [2.05, 4.69) is 5.32 Å². The van der Waals surface area contributed by atoms with Crippen LogP contribution in [0.2, 0.25) is 0 Å². The number of carbonyl (C=O) groups excluding carboxylic acids is 1. The highest BCUT2D eigenvalue weighted by molar-refractivity contribution is 5.98.